The van der Waals surface area contributed by atoms with Crippen LogP contribution in [0, 0.1) is 6.92 Å². The smallest absolute Gasteiger partial charge is 0.254 e. The maximum Gasteiger partial charge on any atom is 0.254 e. The van der Waals surface area contributed by atoms with Gasteiger partial charge in [0.2, 0.25) is 0 Å². The van der Waals surface area contributed by atoms with E-state index in [2.05, 4.69) is 5.32 Å². The van der Waals surface area contributed by atoms with Gasteiger partial charge in [0.25, 0.3) is 5.91 Å². The molecule has 1 aromatic rings. The Morgan fingerprint density at radius 1 is 1.22 bits per heavy atom. The lowest BCUT2D eigenvalue weighted by atomic mass is 10.1. The summed E-state index contributed by atoms with van der Waals surface area (Å²) in [4.78, 5) is 14.3. The standard InChI is InChI=1S/C14H18N2O2/c1-10-2-4-11(5-3-10)14(17)16-8-12-6-15-7-13(9-16)18-12/h2-5,12-13,15H,6-9H2,1H3. The Kier molecular flexibility index (Phi) is 3.06. The number of benzene rings is 1. The molecule has 0 aromatic heterocycles. The van der Waals surface area contributed by atoms with Crippen molar-refractivity contribution in [1.82, 2.24) is 10.2 Å². The lowest BCUT2D eigenvalue weighted by Gasteiger charge is -2.41. The van der Waals surface area contributed by atoms with E-state index >= 15 is 0 Å². The molecule has 2 atom stereocenters. The van der Waals surface area contributed by atoms with Crippen LogP contribution in [0.2, 0.25) is 0 Å². The van der Waals surface area contributed by atoms with Crippen molar-refractivity contribution in [3.63, 3.8) is 0 Å². The van der Waals surface area contributed by atoms with Gasteiger partial charge in [0.1, 0.15) is 0 Å². The molecule has 2 saturated heterocycles. The highest BCUT2D eigenvalue weighted by atomic mass is 16.5. The van der Waals surface area contributed by atoms with E-state index in [1.165, 1.54) is 5.56 Å². The highest BCUT2D eigenvalue weighted by Crippen LogP contribution is 2.17. The zero-order valence-electron chi connectivity index (χ0n) is 10.6. The van der Waals surface area contributed by atoms with Crippen molar-refractivity contribution in [2.45, 2.75) is 19.1 Å². The van der Waals surface area contributed by atoms with E-state index in [1.54, 1.807) is 0 Å². The Labute approximate surface area is 107 Å². The van der Waals surface area contributed by atoms with Gasteiger partial charge >= 0.3 is 0 Å². The van der Waals surface area contributed by atoms with Crippen molar-refractivity contribution in [2.24, 2.45) is 0 Å². The summed E-state index contributed by atoms with van der Waals surface area (Å²) in [5.41, 5.74) is 1.95. The minimum atomic E-state index is 0.121. The first-order chi connectivity index (χ1) is 8.72. The third-order valence-corrected chi connectivity index (χ3v) is 3.56. The van der Waals surface area contributed by atoms with Gasteiger partial charge in [0, 0.05) is 31.7 Å². The number of amides is 1. The molecule has 1 N–H and O–H groups in total. The third kappa shape index (κ3) is 2.26. The van der Waals surface area contributed by atoms with Gasteiger partial charge in [-0.25, -0.2) is 0 Å². The number of nitrogens with zero attached hydrogens (tertiary/aromatic N) is 1. The maximum atomic E-state index is 12.4. The van der Waals surface area contributed by atoms with Crippen LogP contribution < -0.4 is 5.32 Å². The summed E-state index contributed by atoms with van der Waals surface area (Å²) in [6.45, 7) is 5.09. The molecular formula is C14H18N2O2. The van der Waals surface area contributed by atoms with Crippen LogP contribution in [0.1, 0.15) is 15.9 Å². The second-order valence-corrected chi connectivity index (χ2v) is 5.11. The first-order valence-electron chi connectivity index (χ1n) is 6.44. The Bertz CT molecular complexity index is 432. The summed E-state index contributed by atoms with van der Waals surface area (Å²) >= 11 is 0. The van der Waals surface area contributed by atoms with Crippen LogP contribution in [0.3, 0.4) is 0 Å². The molecule has 96 valence electrons. The Morgan fingerprint density at radius 2 is 1.83 bits per heavy atom. The number of carbonyl (C=O) groups excluding carboxylic acids is 1. The molecule has 0 spiro atoms. The maximum absolute atomic E-state index is 12.4. The van der Waals surface area contributed by atoms with Crippen LogP contribution in [0.5, 0.6) is 0 Å². The summed E-state index contributed by atoms with van der Waals surface area (Å²) in [7, 11) is 0. The van der Waals surface area contributed by atoms with Crippen LogP contribution in [0.25, 0.3) is 0 Å². The highest BCUT2D eigenvalue weighted by molar-refractivity contribution is 5.94. The van der Waals surface area contributed by atoms with Crippen molar-refractivity contribution in [1.29, 1.82) is 0 Å². The zero-order chi connectivity index (χ0) is 12.5. The van der Waals surface area contributed by atoms with Crippen LogP contribution >= 0.6 is 0 Å². The second-order valence-electron chi connectivity index (χ2n) is 5.11. The van der Waals surface area contributed by atoms with E-state index in [-0.39, 0.29) is 18.1 Å². The molecule has 2 aliphatic rings. The van der Waals surface area contributed by atoms with Crippen LogP contribution in [0.4, 0.5) is 0 Å². The molecule has 4 nitrogen and oxygen atoms in total. The molecular weight excluding hydrogens is 228 g/mol. The summed E-state index contributed by atoms with van der Waals surface area (Å²) in [5.74, 6) is 0.121. The molecule has 2 bridgehead atoms. The molecule has 2 aliphatic heterocycles. The summed E-state index contributed by atoms with van der Waals surface area (Å²) in [6, 6.07) is 7.77. The SMILES string of the molecule is Cc1ccc(C(=O)N2CC3CNCC(C2)O3)cc1. The Morgan fingerprint density at radius 3 is 2.44 bits per heavy atom. The second kappa shape index (κ2) is 4.71. The van der Waals surface area contributed by atoms with Crippen LogP contribution in [0.15, 0.2) is 24.3 Å². The van der Waals surface area contributed by atoms with Crippen molar-refractivity contribution in [3.05, 3.63) is 35.4 Å². The molecule has 0 radical (unpaired) electrons. The number of hydrogen-bond acceptors (Lipinski definition) is 3. The monoisotopic (exact) mass is 246 g/mol. The van der Waals surface area contributed by atoms with Gasteiger partial charge in [-0.1, -0.05) is 17.7 Å². The van der Waals surface area contributed by atoms with Gasteiger partial charge < -0.3 is 15.0 Å². The first-order valence-corrected chi connectivity index (χ1v) is 6.44. The number of hydrogen-bond donors (Lipinski definition) is 1. The Hall–Kier alpha value is -1.39. The van der Waals surface area contributed by atoms with E-state index < -0.39 is 0 Å². The number of carbonyl (C=O) groups is 1. The quantitative estimate of drug-likeness (QED) is 0.797. The fourth-order valence-electron chi connectivity index (χ4n) is 2.60. The fourth-order valence-corrected chi connectivity index (χ4v) is 2.60. The van der Waals surface area contributed by atoms with Crippen molar-refractivity contribution >= 4 is 5.91 Å². The van der Waals surface area contributed by atoms with Crippen molar-refractivity contribution in [3.8, 4) is 0 Å². The van der Waals surface area contributed by atoms with Crippen molar-refractivity contribution < 1.29 is 9.53 Å². The molecule has 1 aromatic carbocycles. The predicted octanol–water partition coefficient (Wildman–Crippen LogP) is 0.808. The van der Waals surface area contributed by atoms with Crippen LogP contribution in [-0.2, 0) is 4.74 Å². The number of ether oxygens (including phenoxy) is 1. The summed E-state index contributed by atoms with van der Waals surface area (Å²) in [5, 5.41) is 3.33. The van der Waals surface area contributed by atoms with Crippen LogP contribution in [-0.4, -0.2) is 49.2 Å². The summed E-state index contributed by atoms with van der Waals surface area (Å²) in [6.07, 6.45) is 0.291. The molecule has 2 unspecified atom stereocenters. The first kappa shape index (κ1) is 11.7. The van der Waals surface area contributed by atoms with E-state index in [0.29, 0.717) is 13.1 Å². The average Bonchev–Trinajstić information content (AvgIpc) is 2.38. The number of rotatable bonds is 1. The zero-order valence-corrected chi connectivity index (χ0v) is 10.6. The normalized spacial score (nSPS) is 27.1. The molecule has 18 heavy (non-hydrogen) atoms. The molecule has 0 aliphatic carbocycles. The summed E-state index contributed by atoms with van der Waals surface area (Å²) < 4.78 is 5.80. The number of morpholine rings is 2. The van der Waals surface area contributed by atoms with Crippen molar-refractivity contribution in [2.75, 3.05) is 26.2 Å². The van der Waals surface area contributed by atoms with Gasteiger partial charge in [0.15, 0.2) is 0 Å². The van der Waals surface area contributed by atoms with Gasteiger partial charge in [0.05, 0.1) is 12.2 Å². The largest absolute Gasteiger partial charge is 0.369 e. The molecule has 4 heteroatoms. The molecule has 1 amide bonds. The van der Waals surface area contributed by atoms with E-state index in [1.807, 2.05) is 36.1 Å². The predicted molar refractivity (Wildman–Crippen MR) is 68.6 cm³/mol. The average molecular weight is 246 g/mol. The minimum Gasteiger partial charge on any atom is -0.369 e. The van der Waals surface area contributed by atoms with E-state index in [0.717, 1.165) is 18.7 Å². The number of fused-ring (bicyclic) bond motifs is 2. The highest BCUT2D eigenvalue weighted by Gasteiger charge is 2.33. The van der Waals surface area contributed by atoms with Gasteiger partial charge in [-0.15, -0.1) is 0 Å². The van der Waals surface area contributed by atoms with E-state index in [9.17, 15) is 4.79 Å². The topological polar surface area (TPSA) is 41.6 Å². The lowest BCUT2D eigenvalue weighted by molar-refractivity contribution is -0.0930. The number of aryl methyl sites for hydroxylation is 1. The fraction of sp³-hybridized carbons (Fsp3) is 0.500. The molecule has 0 saturated carbocycles. The third-order valence-electron chi connectivity index (χ3n) is 3.56. The lowest BCUT2D eigenvalue weighted by Crippen LogP contribution is -2.59. The van der Waals surface area contributed by atoms with Gasteiger partial charge in [-0.05, 0) is 19.1 Å². The Balaban J connectivity index is 1.74. The molecule has 2 heterocycles. The molecule has 2 fully saturated rings. The molecule has 3 rings (SSSR count). The van der Waals surface area contributed by atoms with Gasteiger partial charge in [-0.2, -0.15) is 0 Å². The minimum absolute atomic E-state index is 0.121. The number of nitrogens with one attached hydrogen (secondary N) is 1. The van der Waals surface area contributed by atoms with Gasteiger partial charge in [-0.3, -0.25) is 4.79 Å². The van der Waals surface area contributed by atoms with E-state index in [4.69, 9.17) is 4.74 Å².